The summed E-state index contributed by atoms with van der Waals surface area (Å²) in [7, 11) is -0.941. The molecule has 0 saturated carbocycles. The van der Waals surface area contributed by atoms with Crippen LogP contribution in [-0.2, 0) is 10.8 Å². The van der Waals surface area contributed by atoms with Gasteiger partial charge in [0.1, 0.15) is 0 Å². The third kappa shape index (κ3) is 5.54. The zero-order chi connectivity index (χ0) is 16.7. The lowest BCUT2D eigenvalue weighted by molar-refractivity contribution is 0.0883. The van der Waals surface area contributed by atoms with Gasteiger partial charge >= 0.3 is 0 Å². The van der Waals surface area contributed by atoms with Crippen LogP contribution in [0.4, 0.5) is 0 Å². The Balaban J connectivity index is 1.92. The van der Waals surface area contributed by atoms with Crippen molar-refractivity contribution >= 4 is 16.6 Å². The lowest BCUT2D eigenvalue weighted by Gasteiger charge is -2.28. The highest BCUT2D eigenvalue weighted by Crippen LogP contribution is 2.16. The van der Waals surface area contributed by atoms with Crippen LogP contribution in [0.25, 0.3) is 0 Å². The number of rotatable bonds is 8. The summed E-state index contributed by atoms with van der Waals surface area (Å²) in [5, 5.41) is 0. The molecule has 1 heterocycles. The number of benzene rings is 1. The quantitative estimate of drug-likeness (QED) is 0.676. The van der Waals surface area contributed by atoms with E-state index in [4.69, 9.17) is 0 Å². The van der Waals surface area contributed by atoms with Crippen molar-refractivity contribution in [3.63, 3.8) is 0 Å². The summed E-state index contributed by atoms with van der Waals surface area (Å²) in [5.74, 6) is 0.917. The molecule has 1 aromatic rings. The maximum Gasteiger partial charge on any atom is 0.166 e. The van der Waals surface area contributed by atoms with Gasteiger partial charge in [-0.2, -0.15) is 0 Å². The molecule has 23 heavy (non-hydrogen) atoms. The molecule has 2 atom stereocenters. The van der Waals surface area contributed by atoms with E-state index in [0.29, 0.717) is 5.75 Å². The van der Waals surface area contributed by atoms with E-state index < -0.39 is 10.8 Å². The molecule has 128 valence electrons. The van der Waals surface area contributed by atoms with Crippen LogP contribution in [0.5, 0.6) is 0 Å². The van der Waals surface area contributed by atoms with Crippen LogP contribution in [-0.4, -0.2) is 40.3 Å². The average molecular weight is 336 g/mol. The molecule has 2 rings (SSSR count). The van der Waals surface area contributed by atoms with Gasteiger partial charge in [0.05, 0.1) is 10.8 Å². The smallest absolute Gasteiger partial charge is 0.166 e. The molecule has 0 bridgehead atoms. The van der Waals surface area contributed by atoms with E-state index in [2.05, 4.69) is 11.8 Å². The molecule has 1 aromatic carbocycles. The molecule has 1 aliphatic heterocycles. The number of carbonyl (C=O) groups is 1. The van der Waals surface area contributed by atoms with Crippen molar-refractivity contribution in [1.29, 1.82) is 0 Å². The van der Waals surface area contributed by atoms with Gasteiger partial charge in [-0.3, -0.25) is 9.00 Å². The standard InChI is InChI=1S/C19H29NO2S/c1-3-4-14-23(22)18-10-8-17(9-11-18)19(21)16(2)15-20-12-6-5-7-13-20/h8-11,16H,3-7,12-15H2,1-2H3. The fourth-order valence-corrected chi connectivity index (χ4v) is 4.29. The maximum atomic E-state index is 12.6. The zero-order valence-corrected chi connectivity index (χ0v) is 15.2. The normalized spacial score (nSPS) is 18.5. The third-order valence-corrected chi connectivity index (χ3v) is 5.97. The van der Waals surface area contributed by atoms with E-state index in [-0.39, 0.29) is 11.7 Å². The first kappa shape index (κ1) is 18.3. The maximum absolute atomic E-state index is 12.6. The van der Waals surface area contributed by atoms with Crippen LogP contribution >= 0.6 is 0 Å². The lowest BCUT2D eigenvalue weighted by Crippen LogP contribution is -2.35. The summed E-state index contributed by atoms with van der Waals surface area (Å²) in [6, 6.07) is 7.39. The number of ketones is 1. The molecular weight excluding hydrogens is 306 g/mol. The average Bonchev–Trinajstić information content (AvgIpc) is 2.60. The largest absolute Gasteiger partial charge is 0.303 e. The van der Waals surface area contributed by atoms with Crippen LogP contribution in [0.1, 0.15) is 56.3 Å². The number of likely N-dealkylation sites (tertiary alicyclic amines) is 1. The van der Waals surface area contributed by atoms with Crippen LogP contribution in [0.2, 0.25) is 0 Å². The molecule has 1 saturated heterocycles. The molecular formula is C19H29NO2S. The minimum absolute atomic E-state index is 0.0181. The van der Waals surface area contributed by atoms with Gasteiger partial charge in [0, 0.05) is 28.7 Å². The summed E-state index contributed by atoms with van der Waals surface area (Å²) in [6.07, 6.45) is 5.84. The Labute approximate surface area is 142 Å². The number of piperidine rings is 1. The van der Waals surface area contributed by atoms with Crippen molar-refractivity contribution in [2.24, 2.45) is 5.92 Å². The Morgan fingerprint density at radius 1 is 1.17 bits per heavy atom. The predicted molar refractivity (Wildman–Crippen MR) is 96.4 cm³/mol. The van der Waals surface area contributed by atoms with Crippen LogP contribution in [0, 0.1) is 5.92 Å². The van der Waals surface area contributed by atoms with Gasteiger partial charge in [-0.15, -0.1) is 0 Å². The Hall–Kier alpha value is -1.00. The van der Waals surface area contributed by atoms with Gasteiger partial charge in [-0.1, -0.05) is 38.8 Å². The Kier molecular flexibility index (Phi) is 7.44. The van der Waals surface area contributed by atoms with Gasteiger partial charge < -0.3 is 4.90 Å². The van der Waals surface area contributed by atoms with Crippen molar-refractivity contribution in [2.75, 3.05) is 25.4 Å². The first-order valence-corrected chi connectivity index (χ1v) is 10.2. The van der Waals surface area contributed by atoms with Gasteiger partial charge in [0.15, 0.2) is 5.78 Å². The molecule has 1 aliphatic rings. The van der Waals surface area contributed by atoms with Crippen LogP contribution in [0.3, 0.4) is 0 Å². The summed E-state index contributed by atoms with van der Waals surface area (Å²) in [5.41, 5.74) is 0.741. The first-order chi connectivity index (χ1) is 11.1. The number of nitrogens with zero attached hydrogens (tertiary/aromatic N) is 1. The SMILES string of the molecule is CCCCS(=O)c1ccc(C(=O)C(C)CN2CCCCC2)cc1. The summed E-state index contributed by atoms with van der Waals surface area (Å²) >= 11 is 0. The van der Waals surface area contributed by atoms with E-state index >= 15 is 0 Å². The van der Waals surface area contributed by atoms with Gasteiger partial charge in [-0.25, -0.2) is 0 Å². The van der Waals surface area contributed by atoms with Gasteiger partial charge in [-0.05, 0) is 44.5 Å². The molecule has 2 unspecified atom stereocenters. The van der Waals surface area contributed by atoms with Crippen molar-refractivity contribution in [3.05, 3.63) is 29.8 Å². The van der Waals surface area contributed by atoms with E-state index in [1.165, 1.54) is 19.3 Å². The van der Waals surface area contributed by atoms with Gasteiger partial charge in [0.25, 0.3) is 0 Å². The van der Waals surface area contributed by atoms with Gasteiger partial charge in [0.2, 0.25) is 0 Å². The minimum Gasteiger partial charge on any atom is -0.303 e. The monoisotopic (exact) mass is 335 g/mol. The molecule has 0 aliphatic carbocycles. The number of hydrogen-bond acceptors (Lipinski definition) is 3. The van der Waals surface area contributed by atoms with E-state index in [1.54, 1.807) is 0 Å². The summed E-state index contributed by atoms with van der Waals surface area (Å²) in [6.45, 7) is 7.20. The predicted octanol–water partition coefficient (Wildman–Crippen LogP) is 3.90. The summed E-state index contributed by atoms with van der Waals surface area (Å²) < 4.78 is 12.1. The molecule has 1 fully saturated rings. The number of Topliss-reactive ketones (excluding diaryl/α,β-unsaturated/α-hetero) is 1. The third-order valence-electron chi connectivity index (χ3n) is 4.51. The minimum atomic E-state index is -0.941. The Morgan fingerprint density at radius 2 is 1.83 bits per heavy atom. The molecule has 3 nitrogen and oxygen atoms in total. The molecule has 0 spiro atoms. The fraction of sp³-hybridized carbons (Fsp3) is 0.632. The molecule has 4 heteroatoms. The molecule has 0 N–H and O–H groups in total. The zero-order valence-electron chi connectivity index (χ0n) is 14.4. The second-order valence-corrected chi connectivity index (χ2v) is 8.12. The second kappa shape index (κ2) is 9.33. The van der Waals surface area contributed by atoms with Crippen molar-refractivity contribution in [2.45, 2.75) is 50.8 Å². The van der Waals surface area contributed by atoms with E-state index in [1.807, 2.05) is 31.2 Å². The highest BCUT2D eigenvalue weighted by atomic mass is 32.2. The summed E-state index contributed by atoms with van der Waals surface area (Å²) in [4.78, 5) is 15.8. The molecule has 0 radical (unpaired) electrons. The number of hydrogen-bond donors (Lipinski definition) is 0. The number of unbranched alkanes of at least 4 members (excludes halogenated alkanes) is 1. The highest BCUT2D eigenvalue weighted by Gasteiger charge is 2.20. The Bertz CT molecular complexity index is 521. The van der Waals surface area contributed by atoms with E-state index in [9.17, 15) is 9.00 Å². The topological polar surface area (TPSA) is 37.4 Å². The van der Waals surface area contributed by atoms with Crippen molar-refractivity contribution in [1.82, 2.24) is 4.90 Å². The first-order valence-electron chi connectivity index (χ1n) is 8.87. The number of carbonyl (C=O) groups excluding carboxylic acids is 1. The highest BCUT2D eigenvalue weighted by molar-refractivity contribution is 7.85. The van der Waals surface area contributed by atoms with Crippen LogP contribution < -0.4 is 0 Å². The molecule has 0 amide bonds. The lowest BCUT2D eigenvalue weighted by atomic mass is 9.98. The van der Waals surface area contributed by atoms with Crippen molar-refractivity contribution in [3.8, 4) is 0 Å². The molecule has 0 aromatic heterocycles. The van der Waals surface area contributed by atoms with E-state index in [0.717, 1.165) is 42.9 Å². The second-order valence-electron chi connectivity index (χ2n) is 6.55. The van der Waals surface area contributed by atoms with Crippen LogP contribution in [0.15, 0.2) is 29.2 Å². The van der Waals surface area contributed by atoms with Crippen molar-refractivity contribution < 1.29 is 9.00 Å². The fourth-order valence-electron chi connectivity index (χ4n) is 3.06. The Morgan fingerprint density at radius 3 is 2.43 bits per heavy atom.